The second-order valence-electron chi connectivity index (χ2n) is 4.69. The van der Waals surface area contributed by atoms with Crippen LogP contribution in [0.1, 0.15) is 0 Å². The Labute approximate surface area is 146 Å². The molecule has 0 unspecified atom stereocenters. The molecule has 0 aliphatic carbocycles. The molecule has 2 aromatic carbocycles. The van der Waals surface area contributed by atoms with Gasteiger partial charge in [-0.2, -0.15) is 0 Å². The first-order valence-electron chi connectivity index (χ1n) is 6.90. The molecular weight excluding hydrogens is 376 g/mol. The number of carbonyl (C=O) groups is 1. The van der Waals surface area contributed by atoms with Gasteiger partial charge in [-0.1, -0.05) is 46.3 Å². The summed E-state index contributed by atoms with van der Waals surface area (Å²) in [7, 11) is 0. The second-order valence-corrected chi connectivity index (χ2v) is 6.47. The lowest BCUT2D eigenvalue weighted by molar-refractivity contribution is -0.118. The van der Waals surface area contributed by atoms with E-state index in [2.05, 4.69) is 26.2 Å². The van der Waals surface area contributed by atoms with Crippen molar-refractivity contribution in [2.24, 2.45) is 0 Å². The normalized spacial score (nSPS) is 10.3. The van der Waals surface area contributed by atoms with Crippen molar-refractivity contribution in [1.82, 2.24) is 4.98 Å². The summed E-state index contributed by atoms with van der Waals surface area (Å²) in [5.41, 5.74) is 1.87. The maximum atomic E-state index is 11.9. The molecule has 0 saturated heterocycles. The smallest absolute Gasteiger partial charge is 0.264 e. The lowest BCUT2D eigenvalue weighted by atomic mass is 10.2. The van der Waals surface area contributed by atoms with E-state index >= 15 is 0 Å². The van der Waals surface area contributed by atoms with Crippen LogP contribution >= 0.6 is 27.3 Å². The number of halogens is 1. The van der Waals surface area contributed by atoms with Gasteiger partial charge in [0.2, 0.25) is 0 Å². The summed E-state index contributed by atoms with van der Waals surface area (Å²) in [6, 6.07) is 17.2. The standard InChI is InChI=1S/C17H13BrN2O2S/c18-13-6-8-14(9-7-13)22-10-16(21)20-17-19-15(11-23-17)12-4-2-1-3-5-12/h1-9,11H,10H2,(H,19,20,21). The zero-order valence-electron chi connectivity index (χ0n) is 12.0. The van der Waals surface area contributed by atoms with E-state index < -0.39 is 0 Å². The molecule has 0 radical (unpaired) electrons. The first-order chi connectivity index (χ1) is 11.2. The molecule has 6 heteroatoms. The van der Waals surface area contributed by atoms with E-state index in [1.165, 1.54) is 11.3 Å². The fourth-order valence-corrected chi connectivity index (χ4v) is 2.91. The number of hydrogen-bond donors (Lipinski definition) is 1. The molecule has 3 rings (SSSR count). The summed E-state index contributed by atoms with van der Waals surface area (Å²) in [6.07, 6.45) is 0. The monoisotopic (exact) mass is 388 g/mol. The first-order valence-corrected chi connectivity index (χ1v) is 8.57. The van der Waals surface area contributed by atoms with Gasteiger partial charge < -0.3 is 4.74 Å². The molecule has 0 spiro atoms. The number of rotatable bonds is 5. The third-order valence-corrected chi connectivity index (χ3v) is 4.29. The molecule has 0 atom stereocenters. The fraction of sp³-hybridized carbons (Fsp3) is 0.0588. The molecule has 23 heavy (non-hydrogen) atoms. The molecule has 1 amide bonds. The van der Waals surface area contributed by atoms with Crippen LogP contribution in [0.15, 0.2) is 64.5 Å². The van der Waals surface area contributed by atoms with Gasteiger partial charge in [-0.25, -0.2) is 4.98 Å². The van der Waals surface area contributed by atoms with Crippen LogP contribution in [0.3, 0.4) is 0 Å². The minimum Gasteiger partial charge on any atom is -0.484 e. The van der Waals surface area contributed by atoms with Crippen LogP contribution in [0.5, 0.6) is 5.75 Å². The molecule has 4 nitrogen and oxygen atoms in total. The van der Waals surface area contributed by atoms with Gasteiger partial charge in [-0.3, -0.25) is 10.1 Å². The predicted octanol–water partition coefficient (Wildman–Crippen LogP) is 4.59. The minimum atomic E-state index is -0.234. The largest absolute Gasteiger partial charge is 0.484 e. The van der Waals surface area contributed by atoms with Crippen molar-refractivity contribution in [3.63, 3.8) is 0 Å². The van der Waals surface area contributed by atoms with Crippen molar-refractivity contribution in [3.8, 4) is 17.0 Å². The number of nitrogens with zero attached hydrogens (tertiary/aromatic N) is 1. The average Bonchev–Trinajstić information content (AvgIpc) is 3.04. The van der Waals surface area contributed by atoms with Gasteiger partial charge >= 0.3 is 0 Å². The van der Waals surface area contributed by atoms with E-state index in [-0.39, 0.29) is 12.5 Å². The Kier molecular flexibility index (Phi) is 5.05. The third-order valence-electron chi connectivity index (χ3n) is 3.00. The number of benzene rings is 2. The van der Waals surface area contributed by atoms with Crippen LogP contribution in [0.4, 0.5) is 5.13 Å². The Bertz CT molecular complexity index is 788. The molecule has 0 bridgehead atoms. The predicted molar refractivity (Wildman–Crippen MR) is 95.8 cm³/mol. The van der Waals surface area contributed by atoms with Crippen LogP contribution in [0.25, 0.3) is 11.3 Å². The van der Waals surface area contributed by atoms with Gasteiger partial charge in [0, 0.05) is 15.4 Å². The third kappa shape index (κ3) is 4.40. The maximum absolute atomic E-state index is 11.9. The van der Waals surface area contributed by atoms with Crippen LogP contribution in [-0.4, -0.2) is 17.5 Å². The van der Waals surface area contributed by atoms with E-state index in [1.807, 2.05) is 47.8 Å². The van der Waals surface area contributed by atoms with Gasteiger partial charge in [0.1, 0.15) is 5.75 Å². The van der Waals surface area contributed by atoms with Crippen molar-refractivity contribution in [2.45, 2.75) is 0 Å². The fourth-order valence-electron chi connectivity index (χ4n) is 1.91. The molecular formula is C17H13BrN2O2S. The highest BCUT2D eigenvalue weighted by molar-refractivity contribution is 9.10. The number of ether oxygens (including phenoxy) is 1. The van der Waals surface area contributed by atoms with Crippen LogP contribution < -0.4 is 10.1 Å². The van der Waals surface area contributed by atoms with E-state index in [4.69, 9.17) is 4.74 Å². The molecule has 1 heterocycles. The van der Waals surface area contributed by atoms with Crippen molar-refractivity contribution in [3.05, 3.63) is 64.5 Å². The molecule has 0 aliphatic heterocycles. The van der Waals surface area contributed by atoms with Gasteiger partial charge in [-0.05, 0) is 24.3 Å². The Hall–Kier alpha value is -2.18. The number of carbonyl (C=O) groups excluding carboxylic acids is 1. The Morgan fingerprint density at radius 3 is 2.61 bits per heavy atom. The highest BCUT2D eigenvalue weighted by atomic mass is 79.9. The van der Waals surface area contributed by atoms with Crippen LogP contribution in [0, 0.1) is 0 Å². The summed E-state index contributed by atoms with van der Waals surface area (Å²) in [5, 5.41) is 5.23. The van der Waals surface area contributed by atoms with Crippen molar-refractivity contribution in [2.75, 3.05) is 11.9 Å². The molecule has 1 aromatic heterocycles. The number of aromatic nitrogens is 1. The Morgan fingerprint density at radius 1 is 1.13 bits per heavy atom. The lowest BCUT2D eigenvalue weighted by Gasteiger charge is -2.05. The number of anilines is 1. The van der Waals surface area contributed by atoms with Gasteiger partial charge in [0.15, 0.2) is 11.7 Å². The van der Waals surface area contributed by atoms with E-state index in [0.717, 1.165) is 15.7 Å². The SMILES string of the molecule is O=C(COc1ccc(Br)cc1)Nc1nc(-c2ccccc2)cs1. The van der Waals surface area contributed by atoms with E-state index in [9.17, 15) is 4.79 Å². The average molecular weight is 389 g/mol. The second kappa shape index (κ2) is 7.39. The minimum absolute atomic E-state index is 0.0537. The van der Waals surface area contributed by atoms with E-state index in [1.54, 1.807) is 12.1 Å². The van der Waals surface area contributed by atoms with Crippen molar-refractivity contribution < 1.29 is 9.53 Å². The highest BCUT2D eigenvalue weighted by Crippen LogP contribution is 2.24. The number of amides is 1. The van der Waals surface area contributed by atoms with Crippen LogP contribution in [-0.2, 0) is 4.79 Å². The van der Waals surface area contributed by atoms with Crippen LogP contribution in [0.2, 0.25) is 0 Å². The van der Waals surface area contributed by atoms with Crippen molar-refractivity contribution >= 4 is 38.3 Å². The van der Waals surface area contributed by atoms with Gasteiger partial charge in [0.25, 0.3) is 5.91 Å². The first kappa shape index (κ1) is 15.7. The lowest BCUT2D eigenvalue weighted by Crippen LogP contribution is -2.20. The maximum Gasteiger partial charge on any atom is 0.264 e. The topological polar surface area (TPSA) is 51.2 Å². The summed E-state index contributed by atoms with van der Waals surface area (Å²) in [6.45, 7) is -0.0537. The number of thiazole rings is 1. The zero-order valence-corrected chi connectivity index (χ0v) is 14.4. The number of nitrogens with one attached hydrogen (secondary N) is 1. The molecule has 0 aliphatic rings. The summed E-state index contributed by atoms with van der Waals surface area (Å²) < 4.78 is 6.39. The molecule has 3 aromatic rings. The van der Waals surface area contributed by atoms with E-state index in [0.29, 0.717) is 10.9 Å². The highest BCUT2D eigenvalue weighted by Gasteiger charge is 2.08. The molecule has 0 fully saturated rings. The van der Waals surface area contributed by atoms with Crippen molar-refractivity contribution in [1.29, 1.82) is 0 Å². The molecule has 116 valence electrons. The Morgan fingerprint density at radius 2 is 1.87 bits per heavy atom. The molecule has 1 N–H and O–H groups in total. The summed E-state index contributed by atoms with van der Waals surface area (Å²) >= 11 is 4.74. The van der Waals surface area contributed by atoms with Gasteiger partial charge in [-0.15, -0.1) is 11.3 Å². The molecule has 0 saturated carbocycles. The summed E-state index contributed by atoms with van der Waals surface area (Å²) in [5.74, 6) is 0.411. The quantitative estimate of drug-likeness (QED) is 0.695. The van der Waals surface area contributed by atoms with Gasteiger partial charge in [0.05, 0.1) is 5.69 Å². The number of hydrogen-bond acceptors (Lipinski definition) is 4. The summed E-state index contributed by atoms with van der Waals surface area (Å²) in [4.78, 5) is 16.3. The zero-order chi connectivity index (χ0) is 16.1. The Balaban J connectivity index is 1.56.